The Morgan fingerprint density at radius 3 is 2.73 bits per heavy atom. The third kappa shape index (κ3) is 4.78. The predicted octanol–water partition coefficient (Wildman–Crippen LogP) is 0.457. The molecule has 0 aliphatic heterocycles. The molecule has 1 heterocycles. The number of amides is 1. The average Bonchev–Trinajstić information content (AvgIpc) is 2.44. The molecule has 0 radical (unpaired) electrons. The van der Waals surface area contributed by atoms with Crippen molar-refractivity contribution in [1.29, 1.82) is 0 Å². The van der Waals surface area contributed by atoms with Gasteiger partial charge in [-0.1, -0.05) is 17.3 Å². The van der Waals surface area contributed by atoms with E-state index in [0.717, 1.165) is 0 Å². The second-order valence-corrected chi connectivity index (χ2v) is 5.65. The van der Waals surface area contributed by atoms with Gasteiger partial charge in [0.1, 0.15) is 5.52 Å². The van der Waals surface area contributed by atoms with Gasteiger partial charge in [-0.05, 0) is 26.0 Å². The Bertz CT molecular complexity index is 708. The summed E-state index contributed by atoms with van der Waals surface area (Å²) in [6.45, 7) is 4.22. The highest BCUT2D eigenvalue weighted by molar-refractivity contribution is 5.85. The maximum absolute atomic E-state index is 12.2. The van der Waals surface area contributed by atoms with E-state index in [1.807, 2.05) is 13.8 Å². The summed E-state index contributed by atoms with van der Waals surface area (Å²) in [4.78, 5) is 23.9. The van der Waals surface area contributed by atoms with Crippen molar-refractivity contribution in [3.8, 4) is 0 Å². The molecule has 2 aromatic rings. The summed E-state index contributed by atoms with van der Waals surface area (Å²) in [5, 5.41) is 11.0. The number of fused-ring (bicyclic) bond motifs is 1. The number of benzene rings is 1. The summed E-state index contributed by atoms with van der Waals surface area (Å²) in [5.74, 6) is -0.171. The van der Waals surface area contributed by atoms with E-state index in [9.17, 15) is 9.59 Å². The zero-order valence-corrected chi connectivity index (χ0v) is 13.4. The van der Waals surface area contributed by atoms with E-state index < -0.39 is 5.54 Å². The van der Waals surface area contributed by atoms with Crippen LogP contribution in [0.5, 0.6) is 0 Å². The molecule has 0 spiro atoms. The van der Waals surface area contributed by atoms with Crippen molar-refractivity contribution in [2.45, 2.75) is 32.4 Å². The molecule has 0 atom stereocenters. The molecule has 120 valence electrons. The normalized spacial score (nSPS) is 11.0. The van der Waals surface area contributed by atoms with E-state index in [1.54, 1.807) is 24.3 Å². The Morgan fingerprint density at radius 1 is 1.36 bits per heavy atom. The summed E-state index contributed by atoms with van der Waals surface area (Å²) in [7, 11) is 0. The Hall–Kier alpha value is -1.99. The molecular weight excluding hydrogens is 306 g/mol. The molecule has 8 heteroatoms. The fourth-order valence-electron chi connectivity index (χ4n) is 1.79. The van der Waals surface area contributed by atoms with E-state index in [2.05, 4.69) is 15.6 Å². The number of carbonyl (C=O) groups excluding carboxylic acids is 1. The van der Waals surface area contributed by atoms with Gasteiger partial charge in [0.25, 0.3) is 5.56 Å². The van der Waals surface area contributed by atoms with Crippen LogP contribution in [-0.4, -0.2) is 33.0 Å². The van der Waals surface area contributed by atoms with Crippen molar-refractivity contribution < 1.29 is 4.79 Å². The minimum Gasteiger partial charge on any atom is -0.354 e. The van der Waals surface area contributed by atoms with Crippen LogP contribution in [0, 0.1) is 0 Å². The quantitative estimate of drug-likeness (QED) is 0.831. The van der Waals surface area contributed by atoms with E-state index in [1.165, 1.54) is 4.68 Å². The number of carbonyl (C=O) groups is 1. The van der Waals surface area contributed by atoms with Crippen LogP contribution in [0.4, 0.5) is 0 Å². The highest BCUT2D eigenvalue weighted by Gasteiger charge is 2.13. The highest BCUT2D eigenvalue weighted by atomic mass is 35.5. The summed E-state index contributed by atoms with van der Waals surface area (Å²) >= 11 is 0. The molecule has 0 aliphatic carbocycles. The molecule has 0 unspecified atom stereocenters. The van der Waals surface area contributed by atoms with Gasteiger partial charge in [0, 0.05) is 18.5 Å². The first-order valence-electron chi connectivity index (χ1n) is 6.75. The molecule has 1 amide bonds. The fourth-order valence-corrected chi connectivity index (χ4v) is 1.79. The Labute approximate surface area is 134 Å². The molecule has 22 heavy (non-hydrogen) atoms. The Morgan fingerprint density at radius 2 is 2.05 bits per heavy atom. The van der Waals surface area contributed by atoms with Gasteiger partial charge in [0.15, 0.2) is 0 Å². The number of nitrogens with zero attached hydrogens (tertiary/aromatic N) is 3. The van der Waals surface area contributed by atoms with Crippen LogP contribution < -0.4 is 16.6 Å². The first-order chi connectivity index (χ1) is 9.87. The van der Waals surface area contributed by atoms with Gasteiger partial charge >= 0.3 is 0 Å². The topological polar surface area (TPSA) is 103 Å². The van der Waals surface area contributed by atoms with Crippen LogP contribution in [0.15, 0.2) is 29.1 Å². The molecule has 0 saturated carbocycles. The summed E-state index contributed by atoms with van der Waals surface area (Å²) in [5.41, 5.74) is 5.63. The van der Waals surface area contributed by atoms with Gasteiger partial charge in [-0.15, -0.1) is 17.5 Å². The molecule has 0 aliphatic rings. The van der Waals surface area contributed by atoms with E-state index in [0.29, 0.717) is 17.4 Å². The number of aryl methyl sites for hydroxylation is 1. The minimum absolute atomic E-state index is 0. The van der Waals surface area contributed by atoms with Gasteiger partial charge in [-0.3, -0.25) is 9.59 Å². The van der Waals surface area contributed by atoms with Crippen LogP contribution in [0.25, 0.3) is 10.9 Å². The van der Waals surface area contributed by atoms with E-state index in [4.69, 9.17) is 5.73 Å². The lowest BCUT2D eigenvalue weighted by Crippen LogP contribution is -2.45. The summed E-state index contributed by atoms with van der Waals surface area (Å²) in [6, 6.07) is 6.98. The van der Waals surface area contributed by atoms with Crippen molar-refractivity contribution in [3.05, 3.63) is 34.6 Å². The highest BCUT2D eigenvalue weighted by Crippen LogP contribution is 2.03. The van der Waals surface area contributed by atoms with Gasteiger partial charge < -0.3 is 11.1 Å². The molecule has 1 aromatic carbocycles. The van der Waals surface area contributed by atoms with Crippen LogP contribution >= 0.6 is 12.4 Å². The van der Waals surface area contributed by atoms with Crippen molar-refractivity contribution in [2.75, 3.05) is 6.54 Å². The molecule has 2 rings (SSSR count). The number of nitrogens with two attached hydrogens (primary N) is 1. The standard InChI is InChI=1S/C14H19N5O2.ClH/c1-14(2,15)9-16-12(20)7-8-19-13(21)10-5-3-4-6-11(10)17-18-19;/h3-6H,7-9,15H2,1-2H3,(H,16,20);1H. The molecule has 0 fully saturated rings. The monoisotopic (exact) mass is 325 g/mol. The maximum Gasteiger partial charge on any atom is 0.277 e. The van der Waals surface area contributed by atoms with Crippen LogP contribution in [0.1, 0.15) is 20.3 Å². The number of nitrogens with one attached hydrogen (secondary N) is 1. The van der Waals surface area contributed by atoms with E-state index in [-0.39, 0.29) is 36.8 Å². The largest absolute Gasteiger partial charge is 0.354 e. The molecule has 0 bridgehead atoms. The van der Waals surface area contributed by atoms with Crippen LogP contribution in [0.2, 0.25) is 0 Å². The first-order valence-corrected chi connectivity index (χ1v) is 6.75. The average molecular weight is 326 g/mol. The van der Waals surface area contributed by atoms with Gasteiger partial charge in [-0.2, -0.15) is 0 Å². The van der Waals surface area contributed by atoms with Crippen LogP contribution in [0.3, 0.4) is 0 Å². The molecular formula is C14H20ClN5O2. The smallest absolute Gasteiger partial charge is 0.277 e. The summed E-state index contributed by atoms with van der Waals surface area (Å²) < 4.78 is 1.20. The molecule has 3 N–H and O–H groups in total. The van der Waals surface area contributed by atoms with Crippen LogP contribution in [-0.2, 0) is 11.3 Å². The third-order valence-electron chi connectivity index (χ3n) is 2.92. The second-order valence-electron chi connectivity index (χ2n) is 5.65. The van der Waals surface area contributed by atoms with E-state index >= 15 is 0 Å². The van der Waals surface area contributed by atoms with Gasteiger partial charge in [0.2, 0.25) is 5.91 Å². The number of rotatable bonds is 5. The number of hydrogen-bond acceptors (Lipinski definition) is 5. The lowest BCUT2D eigenvalue weighted by atomic mass is 10.1. The van der Waals surface area contributed by atoms with Gasteiger partial charge in [0.05, 0.1) is 11.9 Å². The molecule has 0 saturated heterocycles. The predicted molar refractivity (Wildman–Crippen MR) is 86.9 cm³/mol. The van der Waals surface area contributed by atoms with Gasteiger partial charge in [-0.25, -0.2) is 4.68 Å². The number of aromatic nitrogens is 3. The molecule has 7 nitrogen and oxygen atoms in total. The van der Waals surface area contributed by atoms with Crippen molar-refractivity contribution in [3.63, 3.8) is 0 Å². The summed E-state index contributed by atoms with van der Waals surface area (Å²) in [6.07, 6.45) is 0.156. The first kappa shape index (κ1) is 18.1. The minimum atomic E-state index is -0.463. The zero-order valence-electron chi connectivity index (χ0n) is 12.6. The maximum atomic E-state index is 12.2. The fraction of sp³-hybridized carbons (Fsp3) is 0.429. The zero-order chi connectivity index (χ0) is 15.5. The lowest BCUT2D eigenvalue weighted by molar-refractivity contribution is -0.121. The number of hydrogen-bond donors (Lipinski definition) is 2. The number of halogens is 1. The Balaban J connectivity index is 0.00000242. The van der Waals surface area contributed by atoms with Crippen molar-refractivity contribution in [1.82, 2.24) is 20.3 Å². The third-order valence-corrected chi connectivity index (χ3v) is 2.92. The SMILES string of the molecule is CC(C)(N)CNC(=O)CCn1nnc2ccccc2c1=O.Cl. The lowest BCUT2D eigenvalue weighted by Gasteiger charge is -2.18. The Kier molecular flexibility index (Phi) is 6.01. The van der Waals surface area contributed by atoms with Crippen molar-refractivity contribution >= 4 is 29.2 Å². The second kappa shape index (κ2) is 7.33. The molecule has 1 aromatic heterocycles. The van der Waals surface area contributed by atoms with Crippen molar-refractivity contribution in [2.24, 2.45) is 5.73 Å².